The molecule has 1 aromatic heterocycles. The summed E-state index contributed by atoms with van der Waals surface area (Å²) in [6.07, 6.45) is 3.20. The molecule has 0 N–H and O–H groups in total. The van der Waals surface area contributed by atoms with Gasteiger partial charge in [0, 0.05) is 40.2 Å². The molecule has 1 spiro atoms. The van der Waals surface area contributed by atoms with Gasteiger partial charge in [0.2, 0.25) is 5.91 Å². The minimum absolute atomic E-state index is 0.289. The monoisotopic (exact) mass is 418 g/mol. The van der Waals surface area contributed by atoms with E-state index in [-0.39, 0.29) is 5.54 Å². The van der Waals surface area contributed by atoms with Gasteiger partial charge in [-0.15, -0.1) is 11.3 Å². The first-order valence-corrected chi connectivity index (χ1v) is 11.7. The summed E-state index contributed by atoms with van der Waals surface area (Å²) in [4.78, 5) is 19.9. The van der Waals surface area contributed by atoms with Crippen molar-refractivity contribution in [3.63, 3.8) is 0 Å². The number of para-hydroxylation sites is 1. The Hall–Kier alpha value is -2.37. The average molecular weight is 419 g/mol. The van der Waals surface area contributed by atoms with E-state index in [1.165, 1.54) is 15.0 Å². The van der Waals surface area contributed by atoms with Crippen molar-refractivity contribution in [3.05, 3.63) is 65.0 Å². The highest BCUT2D eigenvalue weighted by Crippen LogP contribution is 2.57. The lowest BCUT2D eigenvalue weighted by atomic mass is 9.85. The van der Waals surface area contributed by atoms with Crippen LogP contribution in [0.2, 0.25) is 0 Å². The number of amides is 1. The molecule has 2 aromatic carbocycles. The van der Waals surface area contributed by atoms with E-state index in [1.54, 1.807) is 7.11 Å². The van der Waals surface area contributed by atoms with Crippen LogP contribution in [-0.2, 0) is 11.3 Å². The Labute approximate surface area is 181 Å². The quantitative estimate of drug-likeness (QED) is 0.607. The molecule has 1 amide bonds. The molecular weight excluding hydrogens is 392 g/mol. The van der Waals surface area contributed by atoms with Crippen LogP contribution >= 0.6 is 11.3 Å². The third kappa shape index (κ3) is 2.51. The van der Waals surface area contributed by atoms with Crippen LogP contribution in [-0.4, -0.2) is 41.4 Å². The fraction of sp³-hybridized carbons (Fsp3) is 0.400. The van der Waals surface area contributed by atoms with E-state index < -0.39 is 0 Å². The van der Waals surface area contributed by atoms with Crippen molar-refractivity contribution in [2.24, 2.45) is 5.92 Å². The van der Waals surface area contributed by atoms with Gasteiger partial charge in [0.15, 0.2) is 0 Å². The number of hydrogen-bond donors (Lipinski definition) is 0. The van der Waals surface area contributed by atoms with Crippen molar-refractivity contribution >= 4 is 27.3 Å². The van der Waals surface area contributed by atoms with E-state index in [2.05, 4.69) is 46.2 Å². The first-order valence-electron chi connectivity index (χ1n) is 10.9. The molecule has 30 heavy (non-hydrogen) atoms. The zero-order valence-corrected chi connectivity index (χ0v) is 18.0. The molecule has 0 unspecified atom stereocenters. The zero-order chi connectivity index (χ0) is 20.3. The van der Waals surface area contributed by atoms with Crippen LogP contribution in [0.25, 0.3) is 10.1 Å². The Balaban J connectivity index is 1.31. The molecular formula is C25H26N2O2S. The Morgan fingerprint density at radius 3 is 2.87 bits per heavy atom. The second-order valence-corrected chi connectivity index (χ2v) is 9.97. The van der Waals surface area contributed by atoms with Gasteiger partial charge in [0.1, 0.15) is 11.3 Å². The lowest BCUT2D eigenvalue weighted by Gasteiger charge is -2.33. The number of methoxy groups -OCH3 is 1. The van der Waals surface area contributed by atoms with Gasteiger partial charge >= 0.3 is 0 Å². The third-order valence-corrected chi connectivity index (χ3v) is 8.67. The molecule has 0 saturated carbocycles. The fourth-order valence-electron chi connectivity index (χ4n) is 6.19. The molecule has 4 nitrogen and oxygen atoms in total. The Morgan fingerprint density at radius 2 is 2.00 bits per heavy atom. The molecule has 0 radical (unpaired) electrons. The van der Waals surface area contributed by atoms with Crippen molar-refractivity contribution in [2.45, 2.75) is 37.4 Å². The number of thiophene rings is 1. The van der Waals surface area contributed by atoms with Crippen LogP contribution in [0.5, 0.6) is 5.75 Å². The van der Waals surface area contributed by atoms with E-state index in [1.807, 2.05) is 29.5 Å². The second-order valence-electron chi connectivity index (χ2n) is 8.85. The predicted octanol–water partition coefficient (Wildman–Crippen LogP) is 4.85. The summed E-state index contributed by atoms with van der Waals surface area (Å²) in [5.74, 6) is 1.61. The van der Waals surface area contributed by atoms with Crippen molar-refractivity contribution in [2.75, 3.05) is 20.2 Å². The SMILES string of the molecule is COc1ccccc1CN1C[C@@H]2C[C@@H](c3cc4ccccc4s3)N3CCC[C@@]23C1=O. The van der Waals surface area contributed by atoms with E-state index in [9.17, 15) is 4.79 Å². The van der Waals surface area contributed by atoms with E-state index in [4.69, 9.17) is 4.74 Å². The summed E-state index contributed by atoms with van der Waals surface area (Å²) >= 11 is 1.91. The largest absolute Gasteiger partial charge is 0.496 e. The summed E-state index contributed by atoms with van der Waals surface area (Å²) in [7, 11) is 1.70. The maximum Gasteiger partial charge on any atom is 0.243 e. The summed E-state index contributed by atoms with van der Waals surface area (Å²) in [5.41, 5.74) is 0.804. The summed E-state index contributed by atoms with van der Waals surface area (Å²) < 4.78 is 6.88. The highest BCUT2D eigenvalue weighted by Gasteiger charge is 2.65. The van der Waals surface area contributed by atoms with Gasteiger partial charge in [-0.2, -0.15) is 0 Å². The maximum absolute atomic E-state index is 13.8. The maximum atomic E-state index is 13.8. The first kappa shape index (κ1) is 18.4. The Morgan fingerprint density at radius 1 is 1.17 bits per heavy atom. The minimum Gasteiger partial charge on any atom is -0.496 e. The number of hydrogen-bond acceptors (Lipinski definition) is 4. The molecule has 154 valence electrons. The average Bonchev–Trinajstić information content (AvgIpc) is 3.50. The van der Waals surface area contributed by atoms with Crippen LogP contribution in [0.4, 0.5) is 0 Å². The van der Waals surface area contributed by atoms with Gasteiger partial charge in [0.25, 0.3) is 0 Å². The van der Waals surface area contributed by atoms with Crippen LogP contribution in [0.15, 0.2) is 54.6 Å². The highest BCUT2D eigenvalue weighted by atomic mass is 32.1. The number of carbonyl (C=O) groups excluding carboxylic acids is 1. The molecule has 5 heteroatoms. The minimum atomic E-state index is -0.289. The van der Waals surface area contributed by atoms with Crippen molar-refractivity contribution in [1.29, 1.82) is 0 Å². The van der Waals surface area contributed by atoms with Gasteiger partial charge in [-0.25, -0.2) is 0 Å². The third-order valence-electron chi connectivity index (χ3n) is 7.45. The normalized spacial score (nSPS) is 28.3. The molecule has 6 rings (SSSR count). The summed E-state index contributed by atoms with van der Waals surface area (Å²) in [6, 6.07) is 19.4. The molecule has 3 fully saturated rings. The molecule has 3 aliphatic rings. The van der Waals surface area contributed by atoms with Gasteiger partial charge in [-0.3, -0.25) is 9.69 Å². The number of benzene rings is 2. The van der Waals surface area contributed by atoms with Crippen molar-refractivity contribution < 1.29 is 9.53 Å². The molecule has 3 aromatic rings. The van der Waals surface area contributed by atoms with E-state index in [0.29, 0.717) is 24.4 Å². The van der Waals surface area contributed by atoms with Gasteiger partial charge < -0.3 is 9.64 Å². The summed E-state index contributed by atoms with van der Waals surface area (Å²) in [5, 5.41) is 1.33. The number of carbonyl (C=O) groups is 1. The zero-order valence-electron chi connectivity index (χ0n) is 17.2. The second kappa shape index (κ2) is 6.82. The molecule has 4 heterocycles. The number of nitrogens with zero attached hydrogens (tertiary/aromatic N) is 2. The van der Waals surface area contributed by atoms with E-state index >= 15 is 0 Å². The topological polar surface area (TPSA) is 32.8 Å². The lowest BCUT2D eigenvalue weighted by Crippen LogP contribution is -2.49. The van der Waals surface area contributed by atoms with Crippen LogP contribution in [0, 0.1) is 5.92 Å². The molecule has 3 saturated heterocycles. The van der Waals surface area contributed by atoms with Gasteiger partial charge in [-0.1, -0.05) is 36.4 Å². The first-order chi connectivity index (χ1) is 14.7. The molecule has 0 aliphatic carbocycles. The van der Waals surface area contributed by atoms with Crippen LogP contribution in [0.3, 0.4) is 0 Å². The van der Waals surface area contributed by atoms with Crippen LogP contribution in [0.1, 0.15) is 35.7 Å². The van der Waals surface area contributed by atoms with E-state index in [0.717, 1.165) is 43.7 Å². The number of likely N-dealkylation sites (tertiary alicyclic amines) is 1. The van der Waals surface area contributed by atoms with Crippen LogP contribution < -0.4 is 4.74 Å². The van der Waals surface area contributed by atoms with Crippen molar-refractivity contribution in [1.82, 2.24) is 9.80 Å². The molecule has 3 aliphatic heterocycles. The number of fused-ring (bicyclic) bond motifs is 1. The summed E-state index contributed by atoms with van der Waals surface area (Å²) in [6.45, 7) is 2.53. The fourth-order valence-corrected chi connectivity index (χ4v) is 7.38. The molecule has 3 atom stereocenters. The Kier molecular flexibility index (Phi) is 4.19. The smallest absolute Gasteiger partial charge is 0.243 e. The van der Waals surface area contributed by atoms with Gasteiger partial charge in [-0.05, 0) is 49.4 Å². The standard InChI is InChI=1S/C25H26N2O2S/c1-29-21-9-4-2-8-18(21)15-26-16-19-14-20(27-12-6-11-25(19,27)24(26)28)23-13-17-7-3-5-10-22(17)30-23/h2-5,7-10,13,19-20H,6,11-12,14-16H2,1H3/t19-,20-,25-/m0/s1. The number of ether oxygens (including phenoxy) is 1. The van der Waals surface area contributed by atoms with Crippen molar-refractivity contribution in [3.8, 4) is 5.75 Å². The predicted molar refractivity (Wildman–Crippen MR) is 120 cm³/mol. The number of rotatable bonds is 4. The van der Waals surface area contributed by atoms with Gasteiger partial charge in [0.05, 0.1) is 7.11 Å². The highest BCUT2D eigenvalue weighted by molar-refractivity contribution is 7.19. The lowest BCUT2D eigenvalue weighted by molar-refractivity contribution is -0.137. The Bertz CT molecular complexity index is 1090. The molecule has 0 bridgehead atoms.